The predicted octanol–water partition coefficient (Wildman–Crippen LogP) is 4.01. The lowest BCUT2D eigenvalue weighted by Crippen LogP contribution is -2.29. The molecule has 128 valence electrons. The molecule has 0 atom stereocenters. The summed E-state index contributed by atoms with van der Waals surface area (Å²) in [5, 5.41) is 5.20. The first-order valence-electron chi connectivity index (χ1n) is 8.06. The molecule has 1 N–H and O–H groups in total. The second-order valence-corrected chi connectivity index (χ2v) is 7.18. The molecule has 4 aromatic rings. The van der Waals surface area contributed by atoms with Crippen molar-refractivity contribution in [1.29, 1.82) is 0 Å². The minimum Gasteiger partial charge on any atom is -0.319 e. The fourth-order valence-electron chi connectivity index (χ4n) is 2.84. The van der Waals surface area contributed by atoms with Gasteiger partial charge in [0.15, 0.2) is 4.80 Å². The number of nitrogens with zero attached hydrogens (tertiary/aromatic N) is 2. The van der Waals surface area contributed by atoms with Crippen LogP contribution in [0.5, 0.6) is 0 Å². The third-order valence-electron chi connectivity index (χ3n) is 4.15. The first kappa shape index (κ1) is 16.6. The number of carbonyl (C=O) groups is 1. The lowest BCUT2D eigenvalue weighted by Gasteiger charge is -2.02. The summed E-state index contributed by atoms with van der Waals surface area (Å²) in [4.78, 5) is 17.4. The number of rotatable bonds is 1. The molecule has 4 nitrogen and oxygen atoms in total. The van der Waals surface area contributed by atoms with E-state index in [1.165, 1.54) is 10.8 Å². The fraction of sp³-hybridized carbons (Fsp3) is 0.0500. The Morgan fingerprint density at radius 3 is 2.58 bits per heavy atom. The number of thiocarbonyl (C=S) groups is 1. The highest BCUT2D eigenvalue weighted by molar-refractivity contribution is 7.80. The van der Waals surface area contributed by atoms with Crippen molar-refractivity contribution in [3.63, 3.8) is 0 Å². The van der Waals surface area contributed by atoms with Crippen LogP contribution in [0.15, 0.2) is 71.7 Å². The second-order valence-electron chi connectivity index (χ2n) is 5.82. The van der Waals surface area contributed by atoms with Gasteiger partial charge in [0.05, 0.1) is 10.2 Å². The summed E-state index contributed by atoms with van der Waals surface area (Å²) >= 11 is 6.83. The van der Waals surface area contributed by atoms with Gasteiger partial charge >= 0.3 is 0 Å². The van der Waals surface area contributed by atoms with Gasteiger partial charge in [0.2, 0.25) is 5.11 Å². The van der Waals surface area contributed by atoms with E-state index in [4.69, 9.17) is 12.2 Å². The maximum Gasteiger partial charge on any atom is 0.257 e. The normalized spacial score (nSPS) is 11.8. The standard InChI is InChI=1S/C20H15N3OS2/c1-23-16-12-11-13-7-5-6-10-15(13)17(16)26-20(23)22-19(25)21-18(24)14-8-3-2-4-9-14/h2-12H,1H3,(H,21,24,25)/b22-20-. The van der Waals surface area contributed by atoms with Gasteiger partial charge in [0.1, 0.15) is 0 Å². The van der Waals surface area contributed by atoms with Crippen molar-refractivity contribution in [2.75, 3.05) is 0 Å². The van der Waals surface area contributed by atoms with Crippen LogP contribution in [0.4, 0.5) is 0 Å². The van der Waals surface area contributed by atoms with Crippen LogP contribution in [0.3, 0.4) is 0 Å². The van der Waals surface area contributed by atoms with Gasteiger partial charge in [-0.15, -0.1) is 0 Å². The van der Waals surface area contributed by atoms with E-state index in [2.05, 4.69) is 34.6 Å². The molecule has 1 aromatic heterocycles. The molecule has 0 spiro atoms. The van der Waals surface area contributed by atoms with Crippen molar-refractivity contribution >= 4 is 55.6 Å². The van der Waals surface area contributed by atoms with E-state index in [0.717, 1.165) is 15.0 Å². The third-order valence-corrected chi connectivity index (χ3v) is 5.53. The molecule has 1 amide bonds. The molecule has 0 aliphatic carbocycles. The van der Waals surface area contributed by atoms with Crippen LogP contribution in [0.25, 0.3) is 21.0 Å². The predicted molar refractivity (Wildman–Crippen MR) is 110 cm³/mol. The number of aryl methyl sites for hydroxylation is 1. The largest absolute Gasteiger partial charge is 0.319 e. The summed E-state index contributed by atoms with van der Waals surface area (Å²) in [7, 11) is 1.95. The molecule has 26 heavy (non-hydrogen) atoms. The van der Waals surface area contributed by atoms with Gasteiger partial charge < -0.3 is 4.57 Å². The topological polar surface area (TPSA) is 46.4 Å². The van der Waals surface area contributed by atoms with Gasteiger partial charge in [-0.3, -0.25) is 10.1 Å². The van der Waals surface area contributed by atoms with Crippen LogP contribution in [0.2, 0.25) is 0 Å². The van der Waals surface area contributed by atoms with Gasteiger partial charge in [0, 0.05) is 18.0 Å². The van der Waals surface area contributed by atoms with Crippen molar-refractivity contribution in [3.8, 4) is 0 Å². The molecule has 0 saturated carbocycles. The zero-order chi connectivity index (χ0) is 18.1. The number of hydrogen-bond donors (Lipinski definition) is 1. The second kappa shape index (κ2) is 6.82. The molecule has 3 aromatic carbocycles. The molecule has 0 radical (unpaired) electrons. The number of nitrogens with one attached hydrogen (secondary N) is 1. The Kier molecular flexibility index (Phi) is 4.36. The van der Waals surface area contributed by atoms with Crippen molar-refractivity contribution in [2.45, 2.75) is 0 Å². The average molecular weight is 377 g/mol. The van der Waals surface area contributed by atoms with Crippen molar-refractivity contribution in [2.24, 2.45) is 12.0 Å². The van der Waals surface area contributed by atoms with Gasteiger partial charge in [-0.2, -0.15) is 4.99 Å². The first-order valence-corrected chi connectivity index (χ1v) is 9.28. The monoisotopic (exact) mass is 377 g/mol. The Balaban J connectivity index is 1.72. The van der Waals surface area contributed by atoms with Crippen LogP contribution in [0, 0.1) is 0 Å². The molecule has 0 fully saturated rings. The maximum atomic E-state index is 12.2. The molecule has 4 rings (SSSR count). The summed E-state index contributed by atoms with van der Waals surface area (Å²) < 4.78 is 3.15. The van der Waals surface area contributed by atoms with E-state index in [0.29, 0.717) is 5.56 Å². The zero-order valence-corrected chi connectivity index (χ0v) is 15.6. The number of fused-ring (bicyclic) bond motifs is 3. The fourth-order valence-corrected chi connectivity index (χ4v) is 4.23. The van der Waals surface area contributed by atoms with E-state index in [9.17, 15) is 4.79 Å². The van der Waals surface area contributed by atoms with Crippen molar-refractivity contribution in [3.05, 3.63) is 77.1 Å². The average Bonchev–Trinajstić information content (AvgIpc) is 2.98. The number of carbonyl (C=O) groups excluding carboxylic acids is 1. The smallest absolute Gasteiger partial charge is 0.257 e. The van der Waals surface area contributed by atoms with Crippen molar-refractivity contribution in [1.82, 2.24) is 9.88 Å². The molecule has 0 aliphatic heterocycles. The quantitative estimate of drug-likeness (QED) is 0.510. The summed E-state index contributed by atoms with van der Waals surface area (Å²) in [6.07, 6.45) is 0. The lowest BCUT2D eigenvalue weighted by molar-refractivity contribution is 0.0977. The van der Waals surface area contributed by atoms with E-state index < -0.39 is 0 Å². The maximum absolute atomic E-state index is 12.2. The van der Waals surface area contributed by atoms with E-state index in [-0.39, 0.29) is 11.0 Å². The van der Waals surface area contributed by atoms with Crippen LogP contribution in [-0.4, -0.2) is 15.6 Å². The molecular weight excluding hydrogens is 362 g/mol. The minimum atomic E-state index is -0.256. The highest BCUT2D eigenvalue weighted by Crippen LogP contribution is 2.26. The van der Waals surface area contributed by atoms with Crippen LogP contribution < -0.4 is 10.1 Å². The molecule has 0 unspecified atom stereocenters. The minimum absolute atomic E-state index is 0.158. The van der Waals surface area contributed by atoms with Crippen LogP contribution in [-0.2, 0) is 7.05 Å². The van der Waals surface area contributed by atoms with Crippen molar-refractivity contribution < 1.29 is 4.79 Å². The number of aromatic nitrogens is 1. The van der Waals surface area contributed by atoms with Gasteiger partial charge in [0.25, 0.3) is 5.91 Å². The summed E-state index contributed by atoms with van der Waals surface area (Å²) in [5.74, 6) is -0.256. The Morgan fingerprint density at radius 1 is 1.04 bits per heavy atom. The lowest BCUT2D eigenvalue weighted by atomic mass is 10.1. The Bertz CT molecular complexity index is 1210. The third kappa shape index (κ3) is 3.05. The highest BCUT2D eigenvalue weighted by Gasteiger charge is 2.09. The van der Waals surface area contributed by atoms with Gasteiger partial charge in [-0.1, -0.05) is 59.9 Å². The number of thiazole rings is 1. The molecule has 1 heterocycles. The summed E-state index contributed by atoms with van der Waals surface area (Å²) in [6.45, 7) is 0. The molecular formula is C20H15N3OS2. The molecule has 0 bridgehead atoms. The zero-order valence-electron chi connectivity index (χ0n) is 14.0. The summed E-state index contributed by atoms with van der Waals surface area (Å²) in [5.41, 5.74) is 1.64. The summed E-state index contributed by atoms with van der Waals surface area (Å²) in [6, 6.07) is 21.4. The number of hydrogen-bond acceptors (Lipinski definition) is 3. The molecule has 6 heteroatoms. The first-order chi connectivity index (χ1) is 12.6. The Morgan fingerprint density at radius 2 is 1.77 bits per heavy atom. The van der Waals surface area contributed by atoms with Gasteiger partial charge in [-0.05, 0) is 35.8 Å². The van der Waals surface area contributed by atoms with Crippen LogP contribution in [0.1, 0.15) is 10.4 Å². The Labute approximate surface area is 159 Å². The van der Waals surface area contributed by atoms with E-state index in [1.54, 1.807) is 23.5 Å². The highest BCUT2D eigenvalue weighted by atomic mass is 32.1. The SMILES string of the molecule is Cn1/c(=N/C(=S)NC(=O)c2ccccc2)sc2c3ccccc3ccc21. The van der Waals surface area contributed by atoms with E-state index >= 15 is 0 Å². The number of amides is 1. The Hall–Kier alpha value is -2.83. The molecule has 0 saturated heterocycles. The van der Waals surface area contributed by atoms with Crippen LogP contribution >= 0.6 is 23.6 Å². The van der Waals surface area contributed by atoms with Gasteiger partial charge in [-0.25, -0.2) is 0 Å². The van der Waals surface area contributed by atoms with E-state index in [1.807, 2.05) is 41.9 Å². The number of benzene rings is 3. The molecule has 0 aliphatic rings.